The van der Waals surface area contributed by atoms with Gasteiger partial charge in [-0.15, -0.1) is 11.3 Å². The molecule has 0 aromatic carbocycles. The van der Waals surface area contributed by atoms with Crippen LogP contribution >= 0.6 is 22.9 Å². The molecule has 2 bridgehead atoms. The maximum atomic E-state index is 13.2. The molecule has 0 aliphatic heterocycles. The summed E-state index contributed by atoms with van der Waals surface area (Å²) in [6, 6.07) is 5.01. The van der Waals surface area contributed by atoms with Crippen LogP contribution in [0.5, 0.6) is 0 Å². The highest BCUT2D eigenvalue weighted by Crippen LogP contribution is 2.60. The summed E-state index contributed by atoms with van der Waals surface area (Å²) in [4.78, 5) is 32.2. The molecule has 7 nitrogen and oxygen atoms in total. The van der Waals surface area contributed by atoms with E-state index in [0.29, 0.717) is 41.5 Å². The lowest BCUT2D eigenvalue weighted by Crippen LogP contribution is -2.79. The number of aliphatic hydroxyl groups is 1. The highest BCUT2D eigenvalue weighted by molar-refractivity contribution is 7.14. The number of thiophene rings is 1. The predicted octanol–water partition coefficient (Wildman–Crippen LogP) is 4.74. The summed E-state index contributed by atoms with van der Waals surface area (Å²) in [6.07, 6.45) is 8.73. The van der Waals surface area contributed by atoms with E-state index >= 15 is 0 Å². The van der Waals surface area contributed by atoms with Crippen LogP contribution in [-0.2, 0) is 4.79 Å². The SMILES string of the molecule is Cc1ncc(Cl)cc1NC(C)c1ccc(C(=O)NC(CC2CCCC2)C(=O)NC23CC(O)(C2)C3)s1. The summed E-state index contributed by atoms with van der Waals surface area (Å²) in [7, 11) is 0. The number of nitrogens with one attached hydrogen (secondary N) is 3. The Morgan fingerprint density at radius 3 is 2.66 bits per heavy atom. The van der Waals surface area contributed by atoms with Crippen molar-refractivity contribution in [3.8, 4) is 0 Å². The average Bonchev–Trinajstić information content (AvgIpc) is 3.46. The molecule has 2 heterocycles. The first-order valence-corrected chi connectivity index (χ1v) is 13.7. The average molecular weight is 517 g/mol. The fraction of sp³-hybridized carbons (Fsp3) is 0.577. The largest absolute Gasteiger partial charge is 0.390 e. The van der Waals surface area contributed by atoms with Crippen molar-refractivity contribution in [2.75, 3.05) is 5.32 Å². The van der Waals surface area contributed by atoms with Crippen LogP contribution in [0.2, 0.25) is 5.02 Å². The third-order valence-corrected chi connectivity index (χ3v) is 9.23. The lowest BCUT2D eigenvalue weighted by molar-refractivity contribution is -0.220. The summed E-state index contributed by atoms with van der Waals surface area (Å²) in [5, 5.41) is 20.2. The normalized spacial score (nSPS) is 26.9. The number of carbonyl (C=O) groups excluding carboxylic acids is 2. The van der Waals surface area contributed by atoms with Gasteiger partial charge in [-0.3, -0.25) is 14.6 Å². The molecule has 4 fully saturated rings. The smallest absolute Gasteiger partial charge is 0.262 e. The van der Waals surface area contributed by atoms with Gasteiger partial charge in [0.1, 0.15) is 6.04 Å². The standard InChI is InChI=1S/C26H33ClN4O3S/c1-15-19(10-18(27)11-28-15)29-16(2)21-7-8-22(35-21)24(33)30-20(9-17-5-3-4-6-17)23(32)31-25-12-26(34,13-25)14-25/h7-8,10-11,16-17,20,29,34H,3-6,9,12-14H2,1-2H3,(H,30,33)(H,31,32). The first-order valence-electron chi connectivity index (χ1n) is 12.5. The summed E-state index contributed by atoms with van der Waals surface area (Å²) < 4.78 is 0. The van der Waals surface area contributed by atoms with Gasteiger partial charge in [0.15, 0.2) is 0 Å². The van der Waals surface area contributed by atoms with Crippen molar-refractivity contribution in [3.05, 3.63) is 44.9 Å². The number of halogens is 1. The number of aromatic nitrogens is 1. The lowest BCUT2D eigenvalue weighted by Gasteiger charge is -2.67. The van der Waals surface area contributed by atoms with Crippen molar-refractivity contribution in [1.82, 2.24) is 15.6 Å². The molecule has 0 radical (unpaired) electrons. The number of hydrogen-bond donors (Lipinski definition) is 4. The maximum Gasteiger partial charge on any atom is 0.262 e. The van der Waals surface area contributed by atoms with Crippen molar-refractivity contribution in [2.24, 2.45) is 5.92 Å². The van der Waals surface area contributed by atoms with Gasteiger partial charge in [0.25, 0.3) is 5.91 Å². The van der Waals surface area contributed by atoms with Gasteiger partial charge in [0, 0.05) is 16.6 Å². The number of amides is 2. The van der Waals surface area contributed by atoms with Gasteiger partial charge < -0.3 is 21.1 Å². The molecule has 35 heavy (non-hydrogen) atoms. The van der Waals surface area contributed by atoms with Gasteiger partial charge in [0.2, 0.25) is 5.91 Å². The molecule has 0 spiro atoms. The van der Waals surface area contributed by atoms with Crippen LogP contribution in [-0.4, -0.2) is 39.1 Å². The Morgan fingerprint density at radius 2 is 1.97 bits per heavy atom. The molecule has 2 atom stereocenters. The highest BCUT2D eigenvalue weighted by Gasteiger charge is 2.68. The van der Waals surface area contributed by atoms with Crippen LogP contribution in [0.15, 0.2) is 24.4 Å². The topological polar surface area (TPSA) is 103 Å². The molecule has 4 aliphatic carbocycles. The van der Waals surface area contributed by atoms with Gasteiger partial charge in [-0.05, 0) is 63.6 Å². The van der Waals surface area contributed by atoms with Gasteiger partial charge in [-0.25, -0.2) is 0 Å². The van der Waals surface area contributed by atoms with Gasteiger partial charge in [0.05, 0.1) is 32.9 Å². The van der Waals surface area contributed by atoms with E-state index in [2.05, 4.69) is 20.9 Å². The number of anilines is 1. The fourth-order valence-corrected chi connectivity index (χ4v) is 6.99. The first kappa shape index (κ1) is 24.5. The number of rotatable bonds is 9. The Labute approximate surface area is 215 Å². The van der Waals surface area contributed by atoms with E-state index in [0.717, 1.165) is 29.1 Å². The Hall–Kier alpha value is -2.16. The van der Waals surface area contributed by atoms with Crippen molar-refractivity contribution in [3.63, 3.8) is 0 Å². The molecular weight excluding hydrogens is 484 g/mol. The van der Waals surface area contributed by atoms with E-state index in [1.165, 1.54) is 24.2 Å². The Morgan fingerprint density at radius 1 is 1.26 bits per heavy atom. The molecule has 188 valence electrons. The molecule has 9 heteroatoms. The second kappa shape index (κ2) is 9.37. The second-order valence-electron chi connectivity index (χ2n) is 10.8. The van der Waals surface area contributed by atoms with E-state index in [-0.39, 0.29) is 23.4 Å². The third-order valence-electron chi connectivity index (χ3n) is 7.76. The molecule has 0 saturated heterocycles. The zero-order chi connectivity index (χ0) is 24.8. The van der Waals surface area contributed by atoms with Gasteiger partial charge in [-0.1, -0.05) is 37.3 Å². The van der Waals surface area contributed by atoms with E-state index in [1.807, 2.05) is 32.0 Å². The summed E-state index contributed by atoms with van der Waals surface area (Å²) in [5.74, 6) is 0.118. The van der Waals surface area contributed by atoms with Gasteiger partial charge >= 0.3 is 0 Å². The predicted molar refractivity (Wildman–Crippen MR) is 138 cm³/mol. The number of hydrogen-bond acceptors (Lipinski definition) is 6. The van der Waals surface area contributed by atoms with Crippen molar-refractivity contribution < 1.29 is 14.7 Å². The van der Waals surface area contributed by atoms with E-state index < -0.39 is 11.6 Å². The molecule has 2 unspecified atom stereocenters. The van der Waals surface area contributed by atoms with Crippen molar-refractivity contribution in [2.45, 2.75) is 88.4 Å². The molecule has 4 N–H and O–H groups in total. The van der Waals surface area contributed by atoms with Crippen molar-refractivity contribution >= 4 is 40.4 Å². The van der Waals surface area contributed by atoms with Gasteiger partial charge in [-0.2, -0.15) is 0 Å². The third kappa shape index (κ3) is 5.20. The number of pyridine rings is 1. The van der Waals surface area contributed by atoms with Crippen LogP contribution in [0.25, 0.3) is 0 Å². The van der Waals surface area contributed by atoms with Crippen LogP contribution in [0.4, 0.5) is 5.69 Å². The zero-order valence-corrected chi connectivity index (χ0v) is 21.8. The van der Waals surface area contributed by atoms with E-state index in [4.69, 9.17) is 11.6 Å². The molecule has 6 rings (SSSR count). The zero-order valence-electron chi connectivity index (χ0n) is 20.2. The first-order chi connectivity index (χ1) is 16.6. The Bertz CT molecular complexity index is 1110. The van der Waals surface area contributed by atoms with Crippen LogP contribution in [0.3, 0.4) is 0 Å². The second-order valence-corrected chi connectivity index (χ2v) is 12.3. The van der Waals surface area contributed by atoms with Crippen LogP contribution in [0.1, 0.15) is 84.6 Å². The number of nitrogens with zero attached hydrogens (tertiary/aromatic N) is 1. The highest BCUT2D eigenvalue weighted by atomic mass is 35.5. The Kier molecular flexibility index (Phi) is 6.57. The molecule has 2 amide bonds. The lowest BCUT2D eigenvalue weighted by atomic mass is 9.46. The van der Waals surface area contributed by atoms with Crippen LogP contribution < -0.4 is 16.0 Å². The molecule has 4 saturated carbocycles. The molecule has 4 aliphatic rings. The molecule has 2 aromatic rings. The summed E-state index contributed by atoms with van der Waals surface area (Å²) in [6.45, 7) is 3.95. The minimum atomic E-state index is -0.574. The summed E-state index contributed by atoms with van der Waals surface area (Å²) in [5.41, 5.74) is 0.868. The number of aryl methyl sites for hydroxylation is 1. The minimum Gasteiger partial charge on any atom is -0.390 e. The Balaban J connectivity index is 1.23. The fourth-order valence-electron chi connectivity index (χ4n) is 5.92. The maximum absolute atomic E-state index is 13.2. The quantitative estimate of drug-likeness (QED) is 0.385. The monoisotopic (exact) mass is 516 g/mol. The van der Waals surface area contributed by atoms with Crippen molar-refractivity contribution in [1.29, 1.82) is 0 Å². The van der Waals surface area contributed by atoms with Crippen LogP contribution in [0, 0.1) is 12.8 Å². The van der Waals surface area contributed by atoms with E-state index in [1.54, 1.807) is 6.20 Å². The number of carbonyl (C=O) groups is 2. The van der Waals surface area contributed by atoms with E-state index in [9.17, 15) is 14.7 Å². The molecular formula is C26H33ClN4O3S. The summed E-state index contributed by atoms with van der Waals surface area (Å²) >= 11 is 7.51. The minimum absolute atomic E-state index is 0.0341. The molecule has 2 aromatic heterocycles.